The van der Waals surface area contributed by atoms with Gasteiger partial charge in [0.1, 0.15) is 6.10 Å². The van der Waals surface area contributed by atoms with Crippen LogP contribution in [0.1, 0.15) is 22.8 Å². The second kappa shape index (κ2) is 5.66. The molecule has 110 valence electrons. The number of likely N-dealkylation sites (N-methyl/N-ethyl adjacent to an activating group) is 1. The van der Waals surface area contributed by atoms with Gasteiger partial charge in [-0.1, -0.05) is 31.2 Å². The number of carbonyl (C=O) groups is 2. The van der Waals surface area contributed by atoms with E-state index in [1.54, 1.807) is 23.9 Å². The summed E-state index contributed by atoms with van der Waals surface area (Å²) in [6.45, 7) is 3.75. The van der Waals surface area contributed by atoms with E-state index in [9.17, 15) is 9.59 Å². The Balaban J connectivity index is 1.94. The molecule has 1 aliphatic carbocycles. The van der Waals surface area contributed by atoms with Gasteiger partial charge in [-0.25, -0.2) is 0 Å². The van der Waals surface area contributed by atoms with Crippen LogP contribution in [0.2, 0.25) is 0 Å². The van der Waals surface area contributed by atoms with E-state index in [1.807, 2.05) is 19.2 Å². The topological polar surface area (TPSA) is 46.6 Å². The van der Waals surface area contributed by atoms with Gasteiger partial charge in [0.05, 0.1) is 4.91 Å². The van der Waals surface area contributed by atoms with Crippen molar-refractivity contribution in [3.8, 4) is 0 Å². The highest BCUT2D eigenvalue weighted by Crippen LogP contribution is 2.41. The first-order chi connectivity index (χ1) is 10.1. The standard InChI is InChI=1S/C16H17NO3S/c1-3-17(2)8-10-9-21-16-12-7-5-4-6-11(12)13(18)14(19)15(16)20-10/h4-7,10H,3,8-9H2,1-2H3. The van der Waals surface area contributed by atoms with Gasteiger partial charge in [-0.15, -0.1) is 11.8 Å². The molecule has 1 atom stereocenters. The molecule has 0 bridgehead atoms. The minimum Gasteiger partial charge on any atom is -0.483 e. The molecule has 5 heteroatoms. The molecule has 0 aromatic heterocycles. The number of nitrogens with zero attached hydrogens (tertiary/aromatic N) is 1. The number of hydrogen-bond donors (Lipinski definition) is 0. The third-order valence-corrected chi connectivity index (χ3v) is 5.02. The first-order valence-electron chi connectivity index (χ1n) is 7.02. The van der Waals surface area contributed by atoms with Crippen molar-refractivity contribution < 1.29 is 14.3 Å². The van der Waals surface area contributed by atoms with Gasteiger partial charge in [0.15, 0.2) is 5.76 Å². The minimum atomic E-state index is -0.514. The average Bonchev–Trinajstić information content (AvgIpc) is 2.52. The molecule has 1 heterocycles. The molecule has 0 N–H and O–H groups in total. The first kappa shape index (κ1) is 14.4. The third kappa shape index (κ3) is 2.51. The van der Waals surface area contributed by atoms with E-state index in [1.165, 1.54) is 0 Å². The van der Waals surface area contributed by atoms with Gasteiger partial charge < -0.3 is 9.64 Å². The Bertz CT molecular complexity index is 638. The van der Waals surface area contributed by atoms with Gasteiger partial charge in [0, 0.05) is 23.4 Å². The van der Waals surface area contributed by atoms with Crippen LogP contribution in [0.15, 0.2) is 30.0 Å². The Kier molecular flexibility index (Phi) is 3.87. The lowest BCUT2D eigenvalue weighted by molar-refractivity contribution is -0.116. The van der Waals surface area contributed by atoms with Crippen LogP contribution in [0.5, 0.6) is 0 Å². The largest absolute Gasteiger partial charge is 0.483 e. The van der Waals surface area contributed by atoms with Crippen molar-refractivity contribution in [3.63, 3.8) is 0 Å². The van der Waals surface area contributed by atoms with Crippen molar-refractivity contribution in [2.45, 2.75) is 13.0 Å². The Morgan fingerprint density at radius 1 is 1.24 bits per heavy atom. The predicted molar refractivity (Wildman–Crippen MR) is 83.2 cm³/mol. The van der Waals surface area contributed by atoms with Crippen molar-refractivity contribution in [2.75, 3.05) is 25.9 Å². The van der Waals surface area contributed by atoms with Crippen LogP contribution in [0.3, 0.4) is 0 Å². The number of carbonyl (C=O) groups excluding carboxylic acids is 2. The van der Waals surface area contributed by atoms with Crippen LogP contribution in [0.25, 0.3) is 4.91 Å². The summed E-state index contributed by atoms with van der Waals surface area (Å²) in [4.78, 5) is 27.4. The molecule has 1 aromatic carbocycles. The molecule has 1 unspecified atom stereocenters. The van der Waals surface area contributed by atoms with Gasteiger partial charge >= 0.3 is 0 Å². The number of rotatable bonds is 3. The fraction of sp³-hybridized carbons (Fsp3) is 0.375. The van der Waals surface area contributed by atoms with Crippen molar-refractivity contribution in [2.24, 2.45) is 0 Å². The fourth-order valence-corrected chi connectivity index (χ4v) is 3.66. The zero-order chi connectivity index (χ0) is 15.0. The van der Waals surface area contributed by atoms with E-state index in [-0.39, 0.29) is 11.9 Å². The summed E-state index contributed by atoms with van der Waals surface area (Å²) < 4.78 is 5.85. The summed E-state index contributed by atoms with van der Waals surface area (Å²) in [5, 5.41) is 0. The highest BCUT2D eigenvalue weighted by molar-refractivity contribution is 8.08. The van der Waals surface area contributed by atoms with Gasteiger partial charge in [0.25, 0.3) is 5.78 Å². The summed E-state index contributed by atoms with van der Waals surface area (Å²) in [6.07, 6.45) is -0.0549. The SMILES string of the molecule is CCN(C)CC1CSC2=C(O1)C(=O)C(=O)c1ccccc12. The maximum atomic E-state index is 12.3. The van der Waals surface area contributed by atoms with E-state index in [0.29, 0.717) is 5.56 Å². The highest BCUT2D eigenvalue weighted by atomic mass is 32.2. The second-order valence-corrected chi connectivity index (χ2v) is 6.30. The minimum absolute atomic E-state index is 0.0549. The van der Waals surface area contributed by atoms with Crippen molar-refractivity contribution in [3.05, 3.63) is 41.2 Å². The monoisotopic (exact) mass is 303 g/mol. The Hall–Kier alpha value is -1.59. The van der Waals surface area contributed by atoms with Crippen LogP contribution in [-0.2, 0) is 9.53 Å². The number of thioether (sulfide) groups is 1. The molecule has 0 fully saturated rings. The summed E-state index contributed by atoms with van der Waals surface area (Å²) in [5.74, 6) is 0.0536. The number of allylic oxidation sites excluding steroid dienone is 1. The molecule has 2 aliphatic rings. The Morgan fingerprint density at radius 3 is 2.67 bits per heavy atom. The normalized spacial score (nSPS) is 21.2. The van der Waals surface area contributed by atoms with E-state index in [0.717, 1.165) is 29.3 Å². The molecular formula is C16H17NO3S. The summed E-state index contributed by atoms with van der Waals surface area (Å²) in [5.41, 5.74) is 1.31. The van der Waals surface area contributed by atoms with E-state index in [2.05, 4.69) is 11.8 Å². The maximum absolute atomic E-state index is 12.3. The number of hydrogen-bond acceptors (Lipinski definition) is 5. The highest BCUT2D eigenvalue weighted by Gasteiger charge is 2.38. The number of ketones is 2. The summed E-state index contributed by atoms with van der Waals surface area (Å²) in [7, 11) is 2.01. The zero-order valence-electron chi connectivity index (χ0n) is 12.1. The molecule has 1 aromatic rings. The van der Waals surface area contributed by atoms with Crippen LogP contribution in [0, 0.1) is 0 Å². The molecule has 0 radical (unpaired) electrons. The molecule has 0 amide bonds. The third-order valence-electron chi connectivity index (χ3n) is 3.79. The maximum Gasteiger partial charge on any atom is 0.269 e. The molecular weight excluding hydrogens is 286 g/mol. The van der Waals surface area contributed by atoms with Gasteiger partial charge in [-0.3, -0.25) is 9.59 Å². The van der Waals surface area contributed by atoms with Gasteiger partial charge in [-0.05, 0) is 13.6 Å². The molecule has 0 saturated carbocycles. The molecule has 0 saturated heterocycles. The van der Waals surface area contributed by atoms with Crippen molar-refractivity contribution >= 4 is 28.2 Å². The fourth-order valence-electron chi connectivity index (χ4n) is 2.52. The second-order valence-electron chi connectivity index (χ2n) is 5.27. The predicted octanol–water partition coefficient (Wildman–Crippen LogP) is 2.20. The van der Waals surface area contributed by atoms with Crippen LogP contribution < -0.4 is 0 Å². The first-order valence-corrected chi connectivity index (χ1v) is 8.01. The van der Waals surface area contributed by atoms with E-state index in [4.69, 9.17) is 4.74 Å². The smallest absolute Gasteiger partial charge is 0.269 e. The lowest BCUT2D eigenvalue weighted by Crippen LogP contribution is -2.37. The zero-order valence-corrected chi connectivity index (χ0v) is 12.9. The van der Waals surface area contributed by atoms with Crippen LogP contribution in [-0.4, -0.2) is 48.5 Å². The number of benzene rings is 1. The Labute approximate surface area is 128 Å². The van der Waals surface area contributed by atoms with E-state index < -0.39 is 11.6 Å². The molecule has 1 aliphatic heterocycles. The van der Waals surface area contributed by atoms with Crippen molar-refractivity contribution in [1.82, 2.24) is 4.90 Å². The number of ether oxygens (including phenoxy) is 1. The lowest BCUT2D eigenvalue weighted by Gasteiger charge is -2.32. The average molecular weight is 303 g/mol. The summed E-state index contributed by atoms with van der Waals surface area (Å²) in [6, 6.07) is 7.24. The van der Waals surface area contributed by atoms with Crippen LogP contribution in [0.4, 0.5) is 0 Å². The van der Waals surface area contributed by atoms with Gasteiger partial charge in [0.2, 0.25) is 5.78 Å². The molecule has 21 heavy (non-hydrogen) atoms. The molecule has 4 nitrogen and oxygen atoms in total. The molecule has 3 rings (SSSR count). The molecule has 0 spiro atoms. The van der Waals surface area contributed by atoms with Gasteiger partial charge in [-0.2, -0.15) is 0 Å². The number of fused-ring (bicyclic) bond motifs is 2. The quantitative estimate of drug-likeness (QED) is 0.801. The summed E-state index contributed by atoms with van der Waals surface area (Å²) >= 11 is 1.61. The Morgan fingerprint density at radius 2 is 1.95 bits per heavy atom. The van der Waals surface area contributed by atoms with E-state index >= 15 is 0 Å². The van der Waals surface area contributed by atoms with Crippen molar-refractivity contribution in [1.29, 1.82) is 0 Å². The van der Waals surface area contributed by atoms with Crippen LogP contribution >= 0.6 is 11.8 Å². The number of Topliss-reactive ketones (excluding diaryl/α,β-unsaturated/α-hetero) is 2. The lowest BCUT2D eigenvalue weighted by atomic mass is 9.94.